The van der Waals surface area contributed by atoms with Crippen LogP contribution in [0.3, 0.4) is 0 Å². The second kappa shape index (κ2) is 9.62. The highest BCUT2D eigenvalue weighted by molar-refractivity contribution is 7.54. The van der Waals surface area contributed by atoms with Crippen LogP contribution in [-0.2, 0) is 20.0 Å². The fourth-order valence-corrected chi connectivity index (χ4v) is 4.49. The molecule has 0 aliphatic carbocycles. The van der Waals surface area contributed by atoms with Crippen LogP contribution in [0.25, 0.3) is 0 Å². The lowest BCUT2D eigenvalue weighted by Gasteiger charge is -2.28. The molecule has 0 saturated heterocycles. The summed E-state index contributed by atoms with van der Waals surface area (Å²) in [5.74, 6) is 0.159. The summed E-state index contributed by atoms with van der Waals surface area (Å²) in [5.41, 5.74) is 1.81. The lowest BCUT2D eigenvalue weighted by atomic mass is 10.1. The van der Waals surface area contributed by atoms with Crippen molar-refractivity contribution < 1.29 is 18.3 Å². The first-order valence-corrected chi connectivity index (χ1v) is 10.1. The number of methoxy groups -OCH3 is 1. The topological polar surface area (TPSA) is 56.8 Å². The van der Waals surface area contributed by atoms with Crippen LogP contribution in [0.1, 0.15) is 19.4 Å². The molecule has 0 heterocycles. The Labute approximate surface area is 149 Å². The van der Waals surface area contributed by atoms with Gasteiger partial charge in [-0.25, -0.2) is 0 Å². The number of nitrogens with one attached hydrogen (secondary N) is 1. The number of benzene rings is 2. The third-order valence-electron chi connectivity index (χ3n) is 3.70. The van der Waals surface area contributed by atoms with Crippen molar-refractivity contribution in [3.8, 4) is 5.75 Å². The SMILES string of the molecule is CCOP(=O)(OCC)C(Cc1ccccc1)Nc1ccccc1OC. The van der Waals surface area contributed by atoms with Gasteiger partial charge in [0.15, 0.2) is 0 Å². The Balaban J connectivity index is 2.35. The molecular formula is C19H26NO4P. The maximum absolute atomic E-state index is 13.4. The van der Waals surface area contributed by atoms with Gasteiger partial charge < -0.3 is 19.1 Å². The van der Waals surface area contributed by atoms with Crippen LogP contribution in [0, 0.1) is 0 Å². The van der Waals surface area contributed by atoms with Gasteiger partial charge in [0.05, 0.1) is 26.0 Å². The molecule has 0 aromatic heterocycles. The van der Waals surface area contributed by atoms with Gasteiger partial charge in [0.25, 0.3) is 0 Å². The second-order valence-electron chi connectivity index (χ2n) is 5.43. The van der Waals surface area contributed by atoms with E-state index < -0.39 is 13.4 Å². The zero-order chi connectivity index (χ0) is 18.1. The van der Waals surface area contributed by atoms with Crippen LogP contribution in [0.2, 0.25) is 0 Å². The maximum atomic E-state index is 13.4. The van der Waals surface area contributed by atoms with E-state index in [0.29, 0.717) is 25.4 Å². The smallest absolute Gasteiger partial charge is 0.352 e. The van der Waals surface area contributed by atoms with Gasteiger partial charge in [-0.3, -0.25) is 4.57 Å². The van der Waals surface area contributed by atoms with E-state index in [4.69, 9.17) is 13.8 Å². The molecule has 0 aliphatic rings. The van der Waals surface area contributed by atoms with Crippen LogP contribution < -0.4 is 10.1 Å². The molecule has 136 valence electrons. The molecule has 5 nitrogen and oxygen atoms in total. The lowest BCUT2D eigenvalue weighted by Crippen LogP contribution is -2.25. The number of anilines is 1. The Morgan fingerprint density at radius 2 is 1.56 bits per heavy atom. The van der Waals surface area contributed by atoms with Crippen molar-refractivity contribution in [2.45, 2.75) is 26.1 Å². The summed E-state index contributed by atoms with van der Waals surface area (Å²) < 4.78 is 29.9. The molecule has 6 heteroatoms. The molecule has 1 N–H and O–H groups in total. The highest BCUT2D eigenvalue weighted by atomic mass is 31.2. The standard InChI is InChI=1S/C19H26NO4P/c1-4-23-25(21,24-5-2)19(15-16-11-7-6-8-12-16)20-17-13-9-10-14-18(17)22-3/h6-14,19-20H,4-5,15H2,1-3H3. The third-order valence-corrected chi connectivity index (χ3v) is 6.01. The Kier molecular flexibility index (Phi) is 7.51. The minimum atomic E-state index is -3.36. The van der Waals surface area contributed by atoms with Gasteiger partial charge >= 0.3 is 7.60 Å². The zero-order valence-electron chi connectivity index (χ0n) is 15.0. The van der Waals surface area contributed by atoms with Crippen LogP contribution >= 0.6 is 7.60 Å². The van der Waals surface area contributed by atoms with Gasteiger partial charge in [-0.05, 0) is 31.5 Å². The minimum absolute atomic E-state index is 0.316. The molecule has 1 atom stereocenters. The quantitative estimate of drug-likeness (QED) is 0.606. The van der Waals surface area contributed by atoms with E-state index in [1.54, 1.807) is 7.11 Å². The lowest BCUT2D eigenvalue weighted by molar-refractivity contribution is 0.213. The molecule has 1 unspecified atom stereocenters. The van der Waals surface area contributed by atoms with E-state index in [9.17, 15) is 4.57 Å². The molecular weight excluding hydrogens is 337 g/mol. The summed E-state index contributed by atoms with van der Waals surface area (Å²) in [5, 5.41) is 3.32. The van der Waals surface area contributed by atoms with E-state index in [2.05, 4.69) is 5.32 Å². The molecule has 0 fully saturated rings. The van der Waals surface area contributed by atoms with E-state index in [0.717, 1.165) is 11.3 Å². The molecule has 25 heavy (non-hydrogen) atoms. The predicted molar refractivity (Wildman–Crippen MR) is 101 cm³/mol. The Hall–Kier alpha value is -1.81. The van der Waals surface area contributed by atoms with Gasteiger partial charge in [0.2, 0.25) is 0 Å². The number of ether oxygens (including phenoxy) is 1. The summed E-state index contributed by atoms with van der Waals surface area (Å²) in [6.07, 6.45) is 0.510. The van der Waals surface area contributed by atoms with E-state index in [-0.39, 0.29) is 0 Å². The van der Waals surface area contributed by atoms with Crippen molar-refractivity contribution in [3.63, 3.8) is 0 Å². The van der Waals surface area contributed by atoms with Crippen molar-refractivity contribution in [1.82, 2.24) is 0 Å². The van der Waals surface area contributed by atoms with Gasteiger partial charge in [0.1, 0.15) is 11.5 Å². The van der Waals surface area contributed by atoms with Gasteiger partial charge in [-0.1, -0.05) is 42.5 Å². The number of rotatable bonds is 10. The Morgan fingerprint density at radius 3 is 2.16 bits per heavy atom. The first-order chi connectivity index (χ1) is 12.1. The number of hydrogen-bond acceptors (Lipinski definition) is 5. The fraction of sp³-hybridized carbons (Fsp3) is 0.368. The van der Waals surface area contributed by atoms with Crippen molar-refractivity contribution in [2.24, 2.45) is 0 Å². The second-order valence-corrected chi connectivity index (χ2v) is 7.64. The molecule has 0 amide bonds. The molecule has 0 radical (unpaired) electrons. The molecule has 2 aromatic carbocycles. The van der Waals surface area contributed by atoms with Crippen molar-refractivity contribution in [3.05, 3.63) is 60.2 Å². The summed E-state index contributed by atoms with van der Waals surface area (Å²) in [4.78, 5) is 0. The van der Waals surface area contributed by atoms with Crippen LogP contribution in [0.4, 0.5) is 5.69 Å². The van der Waals surface area contributed by atoms with Crippen LogP contribution in [-0.4, -0.2) is 26.1 Å². The van der Waals surface area contributed by atoms with Gasteiger partial charge in [0, 0.05) is 6.42 Å². The maximum Gasteiger partial charge on any atom is 0.352 e. The van der Waals surface area contributed by atoms with Crippen molar-refractivity contribution in [1.29, 1.82) is 0 Å². The zero-order valence-corrected chi connectivity index (χ0v) is 15.9. The first kappa shape index (κ1) is 19.5. The van der Waals surface area contributed by atoms with Crippen molar-refractivity contribution >= 4 is 13.3 Å². The number of para-hydroxylation sites is 2. The van der Waals surface area contributed by atoms with Crippen LogP contribution in [0.15, 0.2) is 54.6 Å². The average Bonchev–Trinajstić information content (AvgIpc) is 2.63. The minimum Gasteiger partial charge on any atom is -0.495 e. The monoisotopic (exact) mass is 363 g/mol. The first-order valence-electron chi connectivity index (χ1n) is 8.45. The van der Waals surface area contributed by atoms with Crippen LogP contribution in [0.5, 0.6) is 5.75 Å². The Bertz CT molecular complexity index is 683. The Morgan fingerprint density at radius 1 is 0.960 bits per heavy atom. The highest BCUT2D eigenvalue weighted by Gasteiger charge is 2.36. The van der Waals surface area contributed by atoms with E-state index >= 15 is 0 Å². The predicted octanol–water partition coefficient (Wildman–Crippen LogP) is 4.94. The molecule has 0 aliphatic heterocycles. The van der Waals surface area contributed by atoms with E-state index in [1.165, 1.54) is 0 Å². The average molecular weight is 363 g/mol. The van der Waals surface area contributed by atoms with Gasteiger partial charge in [-0.15, -0.1) is 0 Å². The summed E-state index contributed by atoms with van der Waals surface area (Å²) in [7, 11) is -1.75. The molecule has 0 spiro atoms. The molecule has 2 rings (SSSR count). The van der Waals surface area contributed by atoms with Gasteiger partial charge in [-0.2, -0.15) is 0 Å². The summed E-state index contributed by atoms with van der Waals surface area (Å²) in [6.45, 7) is 4.26. The number of hydrogen-bond donors (Lipinski definition) is 1. The highest BCUT2D eigenvalue weighted by Crippen LogP contribution is 2.54. The molecule has 0 bridgehead atoms. The normalized spacial score (nSPS) is 12.6. The third kappa shape index (κ3) is 5.33. The molecule has 0 saturated carbocycles. The fourth-order valence-electron chi connectivity index (χ4n) is 2.60. The summed E-state index contributed by atoms with van der Waals surface area (Å²) in [6, 6.07) is 17.4. The molecule has 2 aromatic rings. The van der Waals surface area contributed by atoms with E-state index in [1.807, 2.05) is 68.4 Å². The largest absolute Gasteiger partial charge is 0.495 e. The van der Waals surface area contributed by atoms with Crippen molar-refractivity contribution in [2.75, 3.05) is 25.6 Å². The summed E-state index contributed by atoms with van der Waals surface area (Å²) >= 11 is 0.